The second-order valence-corrected chi connectivity index (χ2v) is 5.03. The molecule has 0 aliphatic heterocycles. The van der Waals surface area contributed by atoms with E-state index in [1.165, 1.54) is 24.3 Å². The van der Waals surface area contributed by atoms with Crippen molar-refractivity contribution in [3.63, 3.8) is 0 Å². The molecular formula is C11H8N4O4S. The zero-order chi connectivity index (χ0) is 15.2. The lowest BCUT2D eigenvalue weighted by Crippen LogP contribution is -2.04. The van der Waals surface area contributed by atoms with Crippen molar-refractivity contribution in [2.75, 3.05) is 6.26 Å². The van der Waals surface area contributed by atoms with Gasteiger partial charge < -0.3 is 5.21 Å². The molecule has 0 saturated carbocycles. The number of nitriles is 2. The van der Waals surface area contributed by atoms with E-state index in [-0.39, 0.29) is 17.0 Å². The smallest absolute Gasteiger partial charge is 0.325 e. The molecule has 0 aliphatic carbocycles. The molecule has 0 aliphatic rings. The summed E-state index contributed by atoms with van der Waals surface area (Å²) in [5, 5.41) is 32.1. The van der Waals surface area contributed by atoms with E-state index in [1.807, 2.05) is 0 Å². The molecule has 0 unspecified atom stereocenters. The van der Waals surface area contributed by atoms with E-state index in [9.17, 15) is 8.42 Å². The van der Waals surface area contributed by atoms with Gasteiger partial charge in [0.1, 0.15) is 12.1 Å². The first-order valence-electron chi connectivity index (χ1n) is 5.01. The van der Waals surface area contributed by atoms with Crippen molar-refractivity contribution < 1.29 is 17.9 Å². The van der Waals surface area contributed by atoms with Crippen LogP contribution in [-0.4, -0.2) is 31.3 Å². The van der Waals surface area contributed by atoms with Gasteiger partial charge in [0.15, 0.2) is 11.4 Å². The molecule has 0 atom stereocenters. The Kier molecular flexibility index (Phi) is 4.78. The van der Waals surface area contributed by atoms with Gasteiger partial charge in [0.05, 0.1) is 6.26 Å². The molecule has 8 nitrogen and oxygen atoms in total. The summed E-state index contributed by atoms with van der Waals surface area (Å²) in [5.74, 6) is 0. The molecule has 9 heteroatoms. The minimum absolute atomic E-state index is 0.195. The third kappa shape index (κ3) is 4.08. The van der Waals surface area contributed by atoms with Crippen molar-refractivity contribution in [2.24, 2.45) is 10.3 Å². The number of hydrogen-bond donors (Lipinski definition) is 1. The average molecular weight is 292 g/mol. The Morgan fingerprint density at radius 2 is 1.60 bits per heavy atom. The Morgan fingerprint density at radius 3 is 1.95 bits per heavy atom. The molecule has 102 valence electrons. The Hall–Kier alpha value is -2.91. The van der Waals surface area contributed by atoms with E-state index in [0.29, 0.717) is 5.56 Å². The molecule has 0 spiro atoms. The maximum atomic E-state index is 10.8. The Labute approximate surface area is 114 Å². The van der Waals surface area contributed by atoms with Crippen molar-refractivity contribution in [1.29, 1.82) is 10.5 Å². The number of rotatable bonds is 4. The highest BCUT2D eigenvalue weighted by Gasteiger charge is 2.08. The van der Waals surface area contributed by atoms with Gasteiger partial charge in [-0.3, -0.25) is 4.28 Å². The van der Waals surface area contributed by atoms with Gasteiger partial charge in [-0.15, -0.1) is 0 Å². The van der Waals surface area contributed by atoms with E-state index < -0.39 is 10.1 Å². The Balaban J connectivity index is 3.10. The topological polar surface area (TPSA) is 136 Å². The van der Waals surface area contributed by atoms with Crippen LogP contribution >= 0.6 is 0 Å². The fraction of sp³-hybridized carbons (Fsp3) is 0.0909. The second-order valence-electron chi connectivity index (χ2n) is 3.47. The Morgan fingerprint density at radius 1 is 1.15 bits per heavy atom. The van der Waals surface area contributed by atoms with Crippen LogP contribution in [0.1, 0.15) is 11.1 Å². The molecule has 0 fully saturated rings. The number of benzene rings is 1. The predicted octanol–water partition coefficient (Wildman–Crippen LogP) is 0.592. The van der Waals surface area contributed by atoms with Crippen LogP contribution in [0, 0.1) is 22.7 Å². The summed E-state index contributed by atoms with van der Waals surface area (Å²) in [6, 6.07) is 9.01. The fourth-order valence-electron chi connectivity index (χ4n) is 1.17. The van der Waals surface area contributed by atoms with Crippen molar-refractivity contribution in [1.82, 2.24) is 0 Å². The molecule has 0 amide bonds. The highest BCUT2D eigenvalue weighted by Crippen LogP contribution is 2.08. The van der Waals surface area contributed by atoms with Crippen molar-refractivity contribution in [2.45, 2.75) is 0 Å². The zero-order valence-electron chi connectivity index (χ0n) is 10.2. The van der Waals surface area contributed by atoms with Crippen LogP contribution in [-0.2, 0) is 14.4 Å². The van der Waals surface area contributed by atoms with Crippen LogP contribution in [0.15, 0.2) is 34.6 Å². The third-order valence-corrected chi connectivity index (χ3v) is 2.35. The SMILES string of the molecule is CS(=O)(=O)ON=C(C#N)c1ccc(C(C#N)=NO)cc1. The molecule has 0 saturated heterocycles. The van der Waals surface area contributed by atoms with Gasteiger partial charge >= 0.3 is 10.1 Å². The Bertz CT molecular complexity index is 736. The van der Waals surface area contributed by atoms with Gasteiger partial charge in [0.2, 0.25) is 0 Å². The van der Waals surface area contributed by atoms with Gasteiger partial charge in [0.25, 0.3) is 0 Å². The normalized spacial score (nSPS) is 12.3. The standard InChI is InChI=1S/C11H8N4O4S/c1-20(17,18)19-15-11(7-13)9-4-2-8(3-5-9)10(6-12)14-16/h2-5,16H,1H3. The van der Waals surface area contributed by atoms with E-state index >= 15 is 0 Å². The minimum atomic E-state index is -3.80. The number of hydrogen-bond acceptors (Lipinski definition) is 8. The van der Waals surface area contributed by atoms with Crippen LogP contribution in [0.5, 0.6) is 0 Å². The van der Waals surface area contributed by atoms with E-state index in [4.69, 9.17) is 15.7 Å². The molecule has 1 N–H and O–H groups in total. The number of oxime groups is 2. The summed E-state index contributed by atoms with van der Waals surface area (Å²) in [7, 11) is -3.80. The largest absolute Gasteiger partial charge is 0.410 e. The van der Waals surface area contributed by atoms with Crippen LogP contribution in [0.4, 0.5) is 0 Å². The molecule has 0 radical (unpaired) electrons. The lowest BCUT2D eigenvalue weighted by Gasteiger charge is -2.00. The first kappa shape index (κ1) is 15.1. The van der Waals surface area contributed by atoms with Gasteiger partial charge in [-0.1, -0.05) is 34.6 Å². The zero-order valence-corrected chi connectivity index (χ0v) is 11.0. The fourth-order valence-corrected chi connectivity index (χ4v) is 1.38. The van der Waals surface area contributed by atoms with Crippen LogP contribution in [0.25, 0.3) is 0 Å². The maximum absolute atomic E-state index is 10.8. The van der Waals surface area contributed by atoms with Gasteiger partial charge in [-0.2, -0.15) is 18.9 Å². The first-order chi connectivity index (χ1) is 9.41. The molecule has 1 rings (SSSR count). The summed E-state index contributed by atoms with van der Waals surface area (Å²) in [6.45, 7) is 0. The van der Waals surface area contributed by atoms with E-state index in [0.717, 1.165) is 6.26 Å². The highest BCUT2D eigenvalue weighted by atomic mass is 32.2. The van der Waals surface area contributed by atoms with Gasteiger partial charge in [0, 0.05) is 11.1 Å². The lowest BCUT2D eigenvalue weighted by atomic mass is 10.1. The van der Waals surface area contributed by atoms with Crippen LogP contribution in [0.3, 0.4) is 0 Å². The summed E-state index contributed by atoms with van der Waals surface area (Å²) in [5.41, 5.74) is 0.177. The molecule has 0 bridgehead atoms. The molecule has 0 aromatic heterocycles. The summed E-state index contributed by atoms with van der Waals surface area (Å²) in [6.07, 6.45) is 0.797. The molecular weight excluding hydrogens is 284 g/mol. The minimum Gasteiger partial charge on any atom is -0.410 e. The molecule has 1 aromatic rings. The summed E-state index contributed by atoms with van der Waals surface area (Å²) >= 11 is 0. The second kappa shape index (κ2) is 6.31. The van der Waals surface area contributed by atoms with E-state index in [2.05, 4.69) is 14.6 Å². The van der Waals surface area contributed by atoms with Gasteiger partial charge in [-0.05, 0) is 0 Å². The molecule has 1 aromatic carbocycles. The predicted molar refractivity (Wildman–Crippen MR) is 68.5 cm³/mol. The quantitative estimate of drug-likeness (QED) is 0.490. The average Bonchev–Trinajstić information content (AvgIpc) is 2.41. The van der Waals surface area contributed by atoms with Crippen LogP contribution in [0.2, 0.25) is 0 Å². The first-order valence-corrected chi connectivity index (χ1v) is 6.82. The highest BCUT2D eigenvalue weighted by molar-refractivity contribution is 7.85. The molecule has 20 heavy (non-hydrogen) atoms. The van der Waals surface area contributed by atoms with E-state index in [1.54, 1.807) is 12.1 Å². The van der Waals surface area contributed by atoms with Crippen molar-refractivity contribution >= 4 is 21.5 Å². The van der Waals surface area contributed by atoms with Crippen molar-refractivity contribution in [3.05, 3.63) is 35.4 Å². The third-order valence-electron chi connectivity index (χ3n) is 2.01. The van der Waals surface area contributed by atoms with Crippen molar-refractivity contribution in [3.8, 4) is 12.1 Å². The molecule has 0 heterocycles. The van der Waals surface area contributed by atoms with Crippen LogP contribution < -0.4 is 0 Å². The summed E-state index contributed by atoms with van der Waals surface area (Å²) < 4.78 is 25.8. The lowest BCUT2D eigenvalue weighted by molar-refractivity contribution is 0.320. The monoisotopic (exact) mass is 292 g/mol. The number of nitrogens with zero attached hydrogens (tertiary/aromatic N) is 4. The summed E-state index contributed by atoms with van der Waals surface area (Å²) in [4.78, 5) is 0. The van der Waals surface area contributed by atoms with Gasteiger partial charge in [-0.25, -0.2) is 0 Å². The maximum Gasteiger partial charge on any atom is 0.325 e.